The lowest BCUT2D eigenvalue weighted by atomic mass is 10.1. The van der Waals surface area contributed by atoms with Crippen LogP contribution >= 0.6 is 0 Å². The van der Waals surface area contributed by atoms with Gasteiger partial charge in [0.2, 0.25) is 11.8 Å². The number of carbonyl (C=O) groups is 2. The predicted octanol–water partition coefficient (Wildman–Crippen LogP) is 2.79. The van der Waals surface area contributed by atoms with Crippen LogP contribution in [-0.2, 0) is 16.0 Å². The quantitative estimate of drug-likeness (QED) is 0.842. The molecule has 2 unspecified atom stereocenters. The van der Waals surface area contributed by atoms with Crippen LogP contribution in [0.25, 0.3) is 0 Å². The Balaban J connectivity index is 1.27. The second kappa shape index (κ2) is 8.46. The van der Waals surface area contributed by atoms with Gasteiger partial charge in [-0.25, -0.2) is 0 Å². The number of nitrogens with one attached hydrogen (secondary N) is 1. The Kier molecular flexibility index (Phi) is 5.60. The molecule has 2 aromatic rings. The Morgan fingerprint density at radius 3 is 2.46 bits per heavy atom. The van der Waals surface area contributed by atoms with E-state index in [0.29, 0.717) is 26.1 Å². The topological polar surface area (TPSA) is 52.7 Å². The van der Waals surface area contributed by atoms with Crippen LogP contribution in [0.4, 0.5) is 5.69 Å². The summed E-state index contributed by atoms with van der Waals surface area (Å²) in [6.45, 7) is 2.71. The van der Waals surface area contributed by atoms with Crippen LogP contribution in [0.5, 0.6) is 0 Å². The second-order valence-electron chi connectivity index (χ2n) is 7.76. The third kappa shape index (κ3) is 4.35. The van der Waals surface area contributed by atoms with Crippen LogP contribution in [0.3, 0.4) is 0 Å². The van der Waals surface area contributed by atoms with Crippen LogP contribution in [0.15, 0.2) is 60.7 Å². The molecule has 28 heavy (non-hydrogen) atoms. The van der Waals surface area contributed by atoms with Crippen molar-refractivity contribution in [2.75, 3.05) is 31.5 Å². The number of hydrogen-bond donors (Lipinski definition) is 1. The number of nitrogens with zero attached hydrogens (tertiary/aromatic N) is 2. The Bertz CT molecular complexity index is 809. The Labute approximate surface area is 166 Å². The van der Waals surface area contributed by atoms with Crippen LogP contribution < -0.4 is 5.32 Å². The van der Waals surface area contributed by atoms with Crippen molar-refractivity contribution in [1.29, 1.82) is 0 Å². The number of benzene rings is 2. The number of carbonyl (C=O) groups excluding carboxylic acids is 2. The predicted molar refractivity (Wildman–Crippen MR) is 110 cm³/mol. The molecule has 146 valence electrons. The molecular formula is C23H27N3O2. The van der Waals surface area contributed by atoms with Crippen molar-refractivity contribution in [3.63, 3.8) is 0 Å². The van der Waals surface area contributed by atoms with Gasteiger partial charge in [-0.3, -0.25) is 9.59 Å². The normalized spacial score (nSPS) is 21.9. The summed E-state index contributed by atoms with van der Waals surface area (Å²) in [5, 5.41) is 3.50. The fourth-order valence-corrected chi connectivity index (χ4v) is 4.17. The van der Waals surface area contributed by atoms with Gasteiger partial charge in [0.25, 0.3) is 0 Å². The Hall–Kier alpha value is -2.82. The number of rotatable bonds is 6. The molecule has 0 aromatic heterocycles. The molecule has 0 saturated carbocycles. The lowest BCUT2D eigenvalue weighted by Crippen LogP contribution is -2.37. The van der Waals surface area contributed by atoms with Crippen molar-refractivity contribution in [2.45, 2.75) is 25.3 Å². The van der Waals surface area contributed by atoms with Gasteiger partial charge in [0.05, 0.1) is 5.92 Å². The standard InChI is InChI=1S/C23H27N3O2/c27-22-15-19(16-25(22)13-11-18-7-3-1-4-8-18)23(28)26-14-12-21(17-26)24-20-9-5-2-6-10-20/h1-10,19,21,24H,11-17H2. The summed E-state index contributed by atoms with van der Waals surface area (Å²) < 4.78 is 0. The molecule has 2 aromatic carbocycles. The van der Waals surface area contributed by atoms with Crippen molar-refractivity contribution in [3.8, 4) is 0 Å². The zero-order valence-corrected chi connectivity index (χ0v) is 16.1. The van der Waals surface area contributed by atoms with Gasteiger partial charge < -0.3 is 15.1 Å². The SMILES string of the molecule is O=C1CC(C(=O)N2CCC(Nc3ccccc3)C2)CN1CCc1ccccc1. The van der Waals surface area contributed by atoms with Crippen LogP contribution in [0, 0.1) is 5.92 Å². The minimum Gasteiger partial charge on any atom is -0.380 e. The van der Waals surface area contributed by atoms with Crippen LogP contribution in [-0.4, -0.2) is 53.8 Å². The first-order chi connectivity index (χ1) is 13.7. The average Bonchev–Trinajstić information content (AvgIpc) is 3.34. The summed E-state index contributed by atoms with van der Waals surface area (Å²) >= 11 is 0. The Morgan fingerprint density at radius 2 is 1.71 bits per heavy atom. The molecule has 0 bridgehead atoms. The smallest absolute Gasteiger partial charge is 0.228 e. The highest BCUT2D eigenvalue weighted by molar-refractivity contribution is 5.89. The molecule has 2 fully saturated rings. The van der Waals surface area contributed by atoms with E-state index in [-0.39, 0.29) is 23.8 Å². The maximum absolute atomic E-state index is 12.9. The van der Waals surface area contributed by atoms with Gasteiger partial charge in [0.1, 0.15) is 0 Å². The first-order valence-electron chi connectivity index (χ1n) is 10.1. The summed E-state index contributed by atoms with van der Waals surface area (Å²) in [5.41, 5.74) is 2.31. The first kappa shape index (κ1) is 18.5. The van der Waals surface area contributed by atoms with Crippen molar-refractivity contribution in [2.24, 2.45) is 5.92 Å². The number of hydrogen-bond acceptors (Lipinski definition) is 3. The van der Waals surface area contributed by atoms with Crippen molar-refractivity contribution < 1.29 is 9.59 Å². The van der Waals surface area contributed by atoms with E-state index in [9.17, 15) is 9.59 Å². The molecule has 2 heterocycles. The molecule has 1 N–H and O–H groups in total. The van der Waals surface area contributed by atoms with Crippen LogP contribution in [0.2, 0.25) is 0 Å². The van der Waals surface area contributed by atoms with E-state index in [1.165, 1.54) is 5.56 Å². The highest BCUT2D eigenvalue weighted by Crippen LogP contribution is 2.24. The molecule has 2 saturated heterocycles. The molecule has 5 nitrogen and oxygen atoms in total. The summed E-state index contributed by atoms with van der Waals surface area (Å²) in [6, 6.07) is 20.6. The van der Waals surface area contributed by atoms with E-state index in [1.54, 1.807) is 0 Å². The highest BCUT2D eigenvalue weighted by Gasteiger charge is 2.38. The highest BCUT2D eigenvalue weighted by atomic mass is 16.2. The molecule has 2 aliphatic heterocycles. The molecule has 2 amide bonds. The average molecular weight is 377 g/mol. The van der Waals surface area contributed by atoms with E-state index < -0.39 is 0 Å². The summed E-state index contributed by atoms with van der Waals surface area (Å²) in [6.07, 6.45) is 2.13. The monoisotopic (exact) mass is 377 g/mol. The second-order valence-corrected chi connectivity index (χ2v) is 7.76. The maximum Gasteiger partial charge on any atom is 0.228 e. The molecular weight excluding hydrogens is 350 g/mol. The third-order valence-electron chi connectivity index (χ3n) is 5.72. The van der Waals surface area contributed by atoms with Gasteiger partial charge >= 0.3 is 0 Å². The lowest BCUT2D eigenvalue weighted by Gasteiger charge is -2.21. The summed E-state index contributed by atoms with van der Waals surface area (Å²) in [5.74, 6) is 0.0408. The molecule has 0 aliphatic carbocycles. The summed E-state index contributed by atoms with van der Waals surface area (Å²) in [7, 11) is 0. The lowest BCUT2D eigenvalue weighted by molar-refractivity contribution is -0.134. The molecule has 5 heteroatoms. The molecule has 2 atom stereocenters. The minimum atomic E-state index is -0.196. The van der Waals surface area contributed by atoms with Gasteiger partial charge in [0.15, 0.2) is 0 Å². The number of para-hydroxylation sites is 1. The van der Waals surface area contributed by atoms with E-state index in [2.05, 4.69) is 17.4 Å². The molecule has 0 radical (unpaired) electrons. The minimum absolute atomic E-state index is 0.104. The van der Waals surface area contributed by atoms with Gasteiger partial charge in [-0.2, -0.15) is 0 Å². The fraction of sp³-hybridized carbons (Fsp3) is 0.391. The van der Waals surface area contributed by atoms with Gasteiger partial charge in [-0.15, -0.1) is 0 Å². The van der Waals surface area contributed by atoms with Gasteiger partial charge in [-0.05, 0) is 30.5 Å². The molecule has 4 rings (SSSR count). The third-order valence-corrected chi connectivity index (χ3v) is 5.72. The van der Waals surface area contributed by atoms with Crippen LogP contribution in [0.1, 0.15) is 18.4 Å². The van der Waals surface area contributed by atoms with E-state index in [4.69, 9.17) is 0 Å². The van der Waals surface area contributed by atoms with E-state index in [0.717, 1.165) is 25.1 Å². The van der Waals surface area contributed by atoms with Crippen molar-refractivity contribution in [3.05, 3.63) is 66.2 Å². The zero-order valence-electron chi connectivity index (χ0n) is 16.1. The number of amides is 2. The van der Waals surface area contributed by atoms with E-state index >= 15 is 0 Å². The molecule has 0 spiro atoms. The van der Waals surface area contributed by atoms with Crippen molar-refractivity contribution in [1.82, 2.24) is 9.80 Å². The van der Waals surface area contributed by atoms with Gasteiger partial charge in [0, 0.05) is 44.3 Å². The van der Waals surface area contributed by atoms with Gasteiger partial charge in [-0.1, -0.05) is 48.5 Å². The number of anilines is 1. The number of likely N-dealkylation sites (tertiary alicyclic amines) is 2. The van der Waals surface area contributed by atoms with Crippen molar-refractivity contribution >= 4 is 17.5 Å². The molecule has 2 aliphatic rings. The maximum atomic E-state index is 12.9. The largest absolute Gasteiger partial charge is 0.380 e. The van der Waals surface area contributed by atoms with E-state index in [1.807, 2.05) is 58.3 Å². The first-order valence-corrected chi connectivity index (χ1v) is 10.1. The fourth-order valence-electron chi connectivity index (χ4n) is 4.17. The summed E-state index contributed by atoms with van der Waals surface area (Å²) in [4.78, 5) is 29.1. The zero-order chi connectivity index (χ0) is 19.3. The Morgan fingerprint density at radius 1 is 1.00 bits per heavy atom.